The van der Waals surface area contributed by atoms with E-state index in [2.05, 4.69) is 89.5 Å². The molecule has 8 heteroatoms. The number of nitrogens with one attached hydrogen (secondary N) is 2. The minimum absolute atomic E-state index is 0.0869. The summed E-state index contributed by atoms with van der Waals surface area (Å²) in [6, 6.07) is 15.2. The summed E-state index contributed by atoms with van der Waals surface area (Å²) in [5.74, 6) is 2.54. The number of imidazole rings is 2. The summed E-state index contributed by atoms with van der Waals surface area (Å²) in [6.45, 7) is 14.4. The monoisotopic (exact) mass is 581 g/mol. The molecule has 1 amide bonds. The number of rotatable bonds is 8. The molecule has 8 nitrogen and oxygen atoms in total. The van der Waals surface area contributed by atoms with Crippen molar-refractivity contribution < 1.29 is 4.79 Å². The highest BCUT2D eigenvalue weighted by Gasteiger charge is 2.22. The Morgan fingerprint density at radius 1 is 0.977 bits per heavy atom. The van der Waals surface area contributed by atoms with Crippen molar-refractivity contribution in [3.8, 4) is 11.4 Å². The number of benzene rings is 2. The molecular weight excluding hydrogens is 534 g/mol. The van der Waals surface area contributed by atoms with E-state index in [0.717, 1.165) is 73.2 Å². The minimum atomic E-state index is 0.0869. The third-order valence-corrected chi connectivity index (χ3v) is 9.27. The topological polar surface area (TPSA) is 82.1 Å². The first-order chi connectivity index (χ1) is 20.7. The van der Waals surface area contributed by atoms with Gasteiger partial charge in [-0.25, -0.2) is 9.97 Å². The SMILES string of the molecule is Cc1nc(CN2CCN(c3cccc4[nH]c(-c5ccc(C(C)(C)C)cc5)nc34)CC2)cn1CC(=O)NCC1CCCCC1. The molecule has 2 aromatic carbocycles. The molecule has 2 aromatic heterocycles. The summed E-state index contributed by atoms with van der Waals surface area (Å²) in [4.78, 5) is 30.9. The number of aryl methyl sites for hydroxylation is 1. The number of carbonyl (C=O) groups is 1. The van der Waals surface area contributed by atoms with Crippen molar-refractivity contribution >= 4 is 22.6 Å². The fraction of sp³-hybridized carbons (Fsp3) is 0.514. The minimum Gasteiger partial charge on any atom is -0.367 e. The first-order valence-electron chi connectivity index (χ1n) is 16.1. The third-order valence-electron chi connectivity index (χ3n) is 9.27. The van der Waals surface area contributed by atoms with Gasteiger partial charge in [-0.2, -0.15) is 0 Å². The molecule has 1 aliphatic carbocycles. The van der Waals surface area contributed by atoms with Crippen LogP contribution in [0.3, 0.4) is 0 Å². The Morgan fingerprint density at radius 2 is 1.72 bits per heavy atom. The zero-order valence-electron chi connectivity index (χ0n) is 26.3. The molecule has 4 aromatic rings. The third kappa shape index (κ3) is 6.96. The fourth-order valence-electron chi connectivity index (χ4n) is 6.58. The Bertz CT molecular complexity index is 1530. The largest absolute Gasteiger partial charge is 0.367 e. The van der Waals surface area contributed by atoms with Crippen molar-refractivity contribution in [2.24, 2.45) is 5.92 Å². The van der Waals surface area contributed by atoms with Crippen molar-refractivity contribution in [2.75, 3.05) is 37.6 Å². The first kappa shape index (κ1) is 29.4. The lowest BCUT2D eigenvalue weighted by Gasteiger charge is -2.35. The molecule has 1 aliphatic heterocycles. The van der Waals surface area contributed by atoms with Gasteiger partial charge < -0.3 is 19.8 Å². The van der Waals surface area contributed by atoms with E-state index in [-0.39, 0.29) is 11.3 Å². The Morgan fingerprint density at radius 3 is 2.44 bits per heavy atom. The summed E-state index contributed by atoms with van der Waals surface area (Å²) in [5.41, 5.74) is 6.87. The molecule has 0 atom stereocenters. The number of amides is 1. The van der Waals surface area contributed by atoms with Gasteiger partial charge in [-0.3, -0.25) is 9.69 Å². The standard InChI is InChI=1S/C35H47N7O/c1-25-37-29(23-42(25)24-32(43)36-21-26-9-6-5-7-10-26)22-40-17-19-41(20-18-40)31-12-8-11-30-33(31)39-34(38-30)27-13-15-28(16-14-27)35(2,3)4/h8,11-16,23,26H,5-7,9-10,17-22,24H2,1-4H3,(H,36,43)(H,38,39). The number of piperazine rings is 1. The first-order valence-corrected chi connectivity index (χ1v) is 16.1. The molecule has 2 aliphatic rings. The quantitative estimate of drug-likeness (QED) is 0.265. The van der Waals surface area contributed by atoms with Crippen molar-refractivity contribution in [1.82, 2.24) is 29.7 Å². The van der Waals surface area contributed by atoms with E-state index in [9.17, 15) is 4.79 Å². The number of fused-ring (bicyclic) bond motifs is 1. The number of carbonyl (C=O) groups excluding carboxylic acids is 1. The summed E-state index contributed by atoms with van der Waals surface area (Å²) < 4.78 is 1.99. The molecule has 1 saturated heterocycles. The van der Waals surface area contributed by atoms with Crippen LogP contribution < -0.4 is 10.2 Å². The number of nitrogens with zero attached hydrogens (tertiary/aromatic N) is 5. The maximum atomic E-state index is 12.6. The lowest BCUT2D eigenvalue weighted by Crippen LogP contribution is -2.46. The molecule has 0 spiro atoms. The van der Waals surface area contributed by atoms with E-state index in [1.54, 1.807) is 0 Å². The van der Waals surface area contributed by atoms with Crippen LogP contribution in [0.1, 0.15) is 70.0 Å². The Kier molecular flexibility index (Phi) is 8.57. The molecule has 2 fully saturated rings. The number of aromatic amines is 1. The van der Waals surface area contributed by atoms with E-state index in [0.29, 0.717) is 12.5 Å². The average molecular weight is 582 g/mol. The van der Waals surface area contributed by atoms with Gasteiger partial charge >= 0.3 is 0 Å². The molecule has 2 N–H and O–H groups in total. The van der Waals surface area contributed by atoms with Crippen LogP contribution >= 0.6 is 0 Å². The number of H-pyrrole nitrogens is 1. The van der Waals surface area contributed by atoms with Crippen LogP contribution in [0.2, 0.25) is 0 Å². The maximum absolute atomic E-state index is 12.6. The highest BCUT2D eigenvalue weighted by molar-refractivity contribution is 5.91. The van der Waals surface area contributed by atoms with Crippen molar-refractivity contribution in [3.05, 3.63) is 65.7 Å². The van der Waals surface area contributed by atoms with Gasteiger partial charge in [0.1, 0.15) is 23.7 Å². The van der Waals surface area contributed by atoms with Crippen molar-refractivity contribution in [1.29, 1.82) is 0 Å². The Balaban J connectivity index is 1.04. The molecule has 0 radical (unpaired) electrons. The van der Waals surface area contributed by atoms with Crippen LogP contribution in [-0.2, 0) is 23.3 Å². The smallest absolute Gasteiger partial charge is 0.239 e. The second-order valence-electron chi connectivity index (χ2n) is 13.6. The summed E-state index contributed by atoms with van der Waals surface area (Å²) in [5, 5.41) is 3.16. The van der Waals surface area contributed by atoms with Gasteiger partial charge in [-0.15, -0.1) is 0 Å². The van der Waals surface area contributed by atoms with E-state index < -0.39 is 0 Å². The van der Waals surface area contributed by atoms with E-state index in [1.807, 2.05) is 11.5 Å². The molecule has 3 heterocycles. The number of aromatic nitrogens is 4. The van der Waals surface area contributed by atoms with Crippen molar-refractivity contribution in [2.45, 2.75) is 78.3 Å². The number of anilines is 1. The Hall–Kier alpha value is -3.65. The molecule has 0 bridgehead atoms. The summed E-state index contributed by atoms with van der Waals surface area (Å²) in [7, 11) is 0. The van der Waals surface area contributed by atoms with Gasteiger partial charge in [0.15, 0.2) is 0 Å². The van der Waals surface area contributed by atoms with Gasteiger partial charge in [0.2, 0.25) is 5.91 Å². The number of hydrogen-bond acceptors (Lipinski definition) is 5. The van der Waals surface area contributed by atoms with Crippen LogP contribution in [-0.4, -0.2) is 63.0 Å². The molecule has 228 valence electrons. The maximum Gasteiger partial charge on any atom is 0.239 e. The molecule has 1 saturated carbocycles. The summed E-state index contributed by atoms with van der Waals surface area (Å²) >= 11 is 0. The lowest BCUT2D eigenvalue weighted by atomic mass is 9.87. The second kappa shape index (κ2) is 12.5. The lowest BCUT2D eigenvalue weighted by molar-refractivity contribution is -0.121. The van der Waals surface area contributed by atoms with E-state index in [4.69, 9.17) is 9.97 Å². The molecule has 43 heavy (non-hydrogen) atoms. The summed E-state index contributed by atoms with van der Waals surface area (Å²) in [6.07, 6.45) is 8.47. The highest BCUT2D eigenvalue weighted by Crippen LogP contribution is 2.31. The van der Waals surface area contributed by atoms with Gasteiger partial charge in [0, 0.05) is 51.0 Å². The second-order valence-corrected chi connectivity index (χ2v) is 13.6. The number of para-hydroxylation sites is 1. The van der Waals surface area contributed by atoms with Crippen LogP contribution in [0.25, 0.3) is 22.4 Å². The fourth-order valence-corrected chi connectivity index (χ4v) is 6.58. The van der Waals surface area contributed by atoms with Gasteiger partial charge in [0.05, 0.1) is 16.9 Å². The molecule has 6 rings (SSSR count). The van der Waals surface area contributed by atoms with Crippen LogP contribution in [0.5, 0.6) is 0 Å². The highest BCUT2D eigenvalue weighted by atomic mass is 16.1. The average Bonchev–Trinajstić information content (AvgIpc) is 3.59. The van der Waals surface area contributed by atoms with Crippen LogP contribution in [0.4, 0.5) is 5.69 Å². The van der Waals surface area contributed by atoms with E-state index >= 15 is 0 Å². The predicted octanol–water partition coefficient (Wildman–Crippen LogP) is 6.05. The zero-order chi connectivity index (χ0) is 30.0. The van der Waals surface area contributed by atoms with Gasteiger partial charge in [-0.05, 0) is 48.8 Å². The van der Waals surface area contributed by atoms with Crippen LogP contribution in [0.15, 0.2) is 48.7 Å². The van der Waals surface area contributed by atoms with Crippen molar-refractivity contribution in [3.63, 3.8) is 0 Å². The van der Waals surface area contributed by atoms with Crippen LogP contribution in [0, 0.1) is 12.8 Å². The van der Waals surface area contributed by atoms with Gasteiger partial charge in [-0.1, -0.05) is 70.4 Å². The normalized spacial score (nSPS) is 17.1. The molecule has 0 unspecified atom stereocenters. The molecular formula is C35H47N7O. The number of hydrogen-bond donors (Lipinski definition) is 2. The predicted molar refractivity (Wildman–Crippen MR) is 174 cm³/mol. The van der Waals surface area contributed by atoms with E-state index in [1.165, 1.54) is 43.4 Å². The zero-order valence-corrected chi connectivity index (χ0v) is 26.3. The Labute approximate surface area is 255 Å². The van der Waals surface area contributed by atoms with Gasteiger partial charge in [0.25, 0.3) is 0 Å².